The van der Waals surface area contributed by atoms with E-state index < -0.39 is 0 Å². The van der Waals surface area contributed by atoms with Crippen LogP contribution in [0.5, 0.6) is 0 Å². The molecule has 2 nitrogen and oxygen atoms in total. The van der Waals surface area contributed by atoms with Gasteiger partial charge in [-0.25, -0.2) is 0 Å². The number of aliphatic hydroxyl groups is 1. The summed E-state index contributed by atoms with van der Waals surface area (Å²) in [5, 5.41) is 10.1. The van der Waals surface area contributed by atoms with E-state index in [0.29, 0.717) is 12.1 Å². The van der Waals surface area contributed by atoms with Gasteiger partial charge in [0.15, 0.2) is 0 Å². The zero-order valence-electron chi connectivity index (χ0n) is 10.3. The molecule has 0 amide bonds. The second kappa shape index (κ2) is 4.79. The first-order chi connectivity index (χ1) is 8.34. The quantitative estimate of drug-likeness (QED) is 0.845. The molecule has 2 aliphatic rings. The third kappa shape index (κ3) is 2.24. The van der Waals surface area contributed by atoms with Crippen molar-refractivity contribution in [3.05, 3.63) is 35.9 Å². The first-order valence-electron chi connectivity index (χ1n) is 6.82. The van der Waals surface area contributed by atoms with Gasteiger partial charge in [0, 0.05) is 18.6 Å². The fraction of sp³-hybridized carbons (Fsp3) is 0.600. The summed E-state index contributed by atoms with van der Waals surface area (Å²) >= 11 is 0. The molecule has 1 N–H and O–H groups in total. The molecular formula is C15H21NO. The van der Waals surface area contributed by atoms with Crippen LogP contribution in [-0.4, -0.2) is 28.2 Å². The maximum atomic E-state index is 10.1. The number of hydrogen-bond acceptors (Lipinski definition) is 2. The standard InChI is InChI=1S/C15H21NO/c17-15-10-9-13-7-4-8-14(15)16(13)11-12-5-2-1-3-6-12/h1-3,5-6,13-15,17H,4,7-11H2. The molecule has 2 heteroatoms. The number of rotatable bonds is 2. The van der Waals surface area contributed by atoms with Crippen molar-refractivity contribution in [3.8, 4) is 0 Å². The molecule has 2 fully saturated rings. The van der Waals surface area contributed by atoms with Crippen molar-refractivity contribution < 1.29 is 5.11 Å². The summed E-state index contributed by atoms with van der Waals surface area (Å²) in [6.45, 7) is 1.01. The van der Waals surface area contributed by atoms with Crippen molar-refractivity contribution >= 4 is 0 Å². The van der Waals surface area contributed by atoms with E-state index in [2.05, 4.69) is 35.2 Å². The average molecular weight is 231 g/mol. The summed E-state index contributed by atoms with van der Waals surface area (Å²) in [6.07, 6.45) is 5.85. The lowest BCUT2D eigenvalue weighted by molar-refractivity contribution is -0.0528. The Kier molecular flexibility index (Phi) is 3.17. The van der Waals surface area contributed by atoms with E-state index in [1.807, 2.05) is 0 Å². The third-order valence-corrected chi connectivity index (χ3v) is 4.38. The predicted octanol–water partition coefficient (Wildman–Crippen LogP) is 2.56. The fourth-order valence-corrected chi connectivity index (χ4v) is 3.48. The SMILES string of the molecule is OC1CCC2CCCC1N2Cc1ccccc1. The summed E-state index contributed by atoms with van der Waals surface area (Å²) in [4.78, 5) is 2.55. The molecule has 1 aromatic rings. The van der Waals surface area contributed by atoms with Crippen LogP contribution >= 0.6 is 0 Å². The average Bonchev–Trinajstić information content (AvgIpc) is 2.36. The monoisotopic (exact) mass is 231 g/mol. The molecule has 0 aromatic heterocycles. The van der Waals surface area contributed by atoms with Crippen LogP contribution in [0.1, 0.15) is 37.7 Å². The van der Waals surface area contributed by atoms with Crippen molar-refractivity contribution in [2.75, 3.05) is 0 Å². The minimum atomic E-state index is -0.102. The highest BCUT2D eigenvalue weighted by atomic mass is 16.3. The Morgan fingerprint density at radius 2 is 1.88 bits per heavy atom. The Hall–Kier alpha value is -0.860. The molecule has 17 heavy (non-hydrogen) atoms. The first kappa shape index (κ1) is 11.2. The van der Waals surface area contributed by atoms with Gasteiger partial charge in [0.2, 0.25) is 0 Å². The smallest absolute Gasteiger partial charge is 0.0696 e. The zero-order chi connectivity index (χ0) is 11.7. The Morgan fingerprint density at radius 1 is 1.06 bits per heavy atom. The molecule has 92 valence electrons. The summed E-state index contributed by atoms with van der Waals surface area (Å²) in [5.74, 6) is 0. The highest BCUT2D eigenvalue weighted by Crippen LogP contribution is 2.35. The molecule has 0 saturated carbocycles. The minimum absolute atomic E-state index is 0.102. The molecule has 2 aliphatic heterocycles. The van der Waals surface area contributed by atoms with Crippen LogP contribution in [0.15, 0.2) is 30.3 Å². The second-order valence-electron chi connectivity index (χ2n) is 5.45. The number of fused-ring (bicyclic) bond motifs is 2. The van der Waals surface area contributed by atoms with Gasteiger partial charge in [0.25, 0.3) is 0 Å². The highest BCUT2D eigenvalue weighted by Gasteiger charge is 2.38. The van der Waals surface area contributed by atoms with Crippen LogP contribution in [0, 0.1) is 0 Å². The summed E-state index contributed by atoms with van der Waals surface area (Å²) < 4.78 is 0. The molecule has 0 aliphatic carbocycles. The Morgan fingerprint density at radius 3 is 2.71 bits per heavy atom. The van der Waals surface area contributed by atoms with Crippen LogP contribution in [-0.2, 0) is 6.54 Å². The van der Waals surface area contributed by atoms with E-state index in [1.165, 1.54) is 31.2 Å². The maximum Gasteiger partial charge on any atom is 0.0696 e. The lowest BCUT2D eigenvalue weighted by atomic mass is 9.82. The lowest BCUT2D eigenvalue weighted by Crippen LogP contribution is -2.55. The van der Waals surface area contributed by atoms with Gasteiger partial charge in [-0.05, 0) is 31.2 Å². The second-order valence-corrected chi connectivity index (χ2v) is 5.45. The number of nitrogens with zero attached hydrogens (tertiary/aromatic N) is 1. The molecule has 0 radical (unpaired) electrons. The molecule has 2 bridgehead atoms. The van der Waals surface area contributed by atoms with Crippen LogP contribution in [0.2, 0.25) is 0 Å². The Labute approximate surface area is 103 Å². The number of aliphatic hydroxyl groups excluding tert-OH is 1. The lowest BCUT2D eigenvalue weighted by Gasteiger charge is -2.48. The number of hydrogen-bond donors (Lipinski definition) is 1. The first-order valence-corrected chi connectivity index (χ1v) is 6.82. The molecule has 0 spiro atoms. The number of piperidine rings is 2. The summed E-state index contributed by atoms with van der Waals surface area (Å²) in [6, 6.07) is 11.8. The molecule has 3 rings (SSSR count). The summed E-state index contributed by atoms with van der Waals surface area (Å²) in [5.41, 5.74) is 1.37. The topological polar surface area (TPSA) is 23.5 Å². The minimum Gasteiger partial charge on any atom is -0.391 e. The van der Waals surface area contributed by atoms with Crippen LogP contribution < -0.4 is 0 Å². The fourth-order valence-electron chi connectivity index (χ4n) is 3.48. The maximum absolute atomic E-state index is 10.1. The van der Waals surface area contributed by atoms with Gasteiger partial charge < -0.3 is 5.11 Å². The van der Waals surface area contributed by atoms with Crippen molar-refractivity contribution in [2.45, 2.75) is 56.8 Å². The van der Waals surface area contributed by atoms with E-state index in [4.69, 9.17) is 0 Å². The van der Waals surface area contributed by atoms with E-state index in [1.54, 1.807) is 0 Å². The largest absolute Gasteiger partial charge is 0.391 e. The van der Waals surface area contributed by atoms with Gasteiger partial charge in [-0.15, -0.1) is 0 Å². The van der Waals surface area contributed by atoms with Crippen molar-refractivity contribution in [1.82, 2.24) is 4.90 Å². The molecule has 3 unspecified atom stereocenters. The van der Waals surface area contributed by atoms with Gasteiger partial charge in [0.1, 0.15) is 0 Å². The normalized spacial score (nSPS) is 33.6. The third-order valence-electron chi connectivity index (χ3n) is 4.38. The highest BCUT2D eigenvalue weighted by molar-refractivity contribution is 5.15. The summed E-state index contributed by atoms with van der Waals surface area (Å²) in [7, 11) is 0. The molecule has 2 heterocycles. The Bertz CT molecular complexity index is 364. The van der Waals surface area contributed by atoms with Crippen molar-refractivity contribution in [2.24, 2.45) is 0 Å². The van der Waals surface area contributed by atoms with Crippen molar-refractivity contribution in [3.63, 3.8) is 0 Å². The molecule has 1 aromatic carbocycles. The molecule has 2 saturated heterocycles. The van der Waals surface area contributed by atoms with Gasteiger partial charge in [-0.3, -0.25) is 4.90 Å². The van der Waals surface area contributed by atoms with Crippen LogP contribution in [0.4, 0.5) is 0 Å². The van der Waals surface area contributed by atoms with Gasteiger partial charge in [-0.1, -0.05) is 36.8 Å². The molecule has 3 atom stereocenters. The van der Waals surface area contributed by atoms with E-state index in [9.17, 15) is 5.11 Å². The van der Waals surface area contributed by atoms with E-state index in [-0.39, 0.29) is 6.10 Å². The Balaban J connectivity index is 1.77. The van der Waals surface area contributed by atoms with Gasteiger partial charge >= 0.3 is 0 Å². The van der Waals surface area contributed by atoms with Gasteiger partial charge in [-0.2, -0.15) is 0 Å². The van der Waals surface area contributed by atoms with Gasteiger partial charge in [0.05, 0.1) is 6.10 Å². The van der Waals surface area contributed by atoms with Crippen LogP contribution in [0.3, 0.4) is 0 Å². The predicted molar refractivity (Wildman–Crippen MR) is 68.7 cm³/mol. The zero-order valence-corrected chi connectivity index (χ0v) is 10.3. The van der Waals surface area contributed by atoms with E-state index >= 15 is 0 Å². The van der Waals surface area contributed by atoms with Crippen molar-refractivity contribution in [1.29, 1.82) is 0 Å². The molecular weight excluding hydrogens is 210 g/mol. The van der Waals surface area contributed by atoms with E-state index in [0.717, 1.165) is 13.0 Å². The van der Waals surface area contributed by atoms with Crippen LogP contribution in [0.25, 0.3) is 0 Å². The number of benzene rings is 1.